The van der Waals surface area contributed by atoms with Crippen LogP contribution in [0, 0.1) is 0 Å². The molecule has 3 amide bonds. The van der Waals surface area contributed by atoms with Crippen molar-refractivity contribution >= 4 is 36.3 Å². The number of rotatable bonds is 12. The maximum atomic E-state index is 13.3. The quantitative estimate of drug-likeness (QED) is 0.174. The number of carbonyl (C=O) groups is 4. The normalized spacial score (nSPS) is 17.1. The van der Waals surface area contributed by atoms with Crippen LogP contribution in [-0.4, -0.2) is 75.5 Å². The monoisotopic (exact) mass is 544 g/mol. The van der Waals surface area contributed by atoms with Crippen molar-refractivity contribution in [3.05, 3.63) is 59.7 Å². The fraction of sp³-hybridized carbons (Fsp3) is 0.385. The van der Waals surface area contributed by atoms with Gasteiger partial charge in [0.15, 0.2) is 0 Å². The average Bonchev–Trinajstić information content (AvgIpc) is 3.44. The van der Waals surface area contributed by atoms with E-state index in [9.17, 15) is 34.5 Å². The molecule has 3 rings (SSSR count). The van der Waals surface area contributed by atoms with Crippen molar-refractivity contribution in [2.24, 2.45) is 0 Å². The molecule has 1 aliphatic rings. The lowest BCUT2D eigenvalue weighted by Gasteiger charge is -2.25. The minimum absolute atomic E-state index is 0.000814. The summed E-state index contributed by atoms with van der Waals surface area (Å²) in [4.78, 5) is 50.7. The molecule has 2 aromatic carbocycles. The Morgan fingerprint density at radius 1 is 0.816 bits per heavy atom. The number of nitrogens with one attached hydrogen (secondary N) is 4. The number of phenols is 2. The lowest BCUT2D eigenvalue weighted by Crippen LogP contribution is -2.58. The van der Waals surface area contributed by atoms with Gasteiger partial charge in [0.05, 0.1) is 6.04 Å². The third-order valence-electron chi connectivity index (χ3n) is 6.19. The molecular formula is C26H32N4O7S. The van der Waals surface area contributed by atoms with E-state index < -0.39 is 42.0 Å². The summed E-state index contributed by atoms with van der Waals surface area (Å²) in [7, 11) is 0. The number of benzene rings is 2. The Balaban J connectivity index is 1.74. The van der Waals surface area contributed by atoms with Crippen LogP contribution in [0.15, 0.2) is 48.5 Å². The summed E-state index contributed by atoms with van der Waals surface area (Å²) in [6.45, 7) is 0.708. The van der Waals surface area contributed by atoms with Crippen molar-refractivity contribution in [1.29, 1.82) is 0 Å². The molecule has 0 saturated carbocycles. The molecule has 1 saturated heterocycles. The first kappa shape index (κ1) is 28.8. The number of phenolic OH excluding ortho intramolecular Hbond substituents is 2. The molecule has 1 fully saturated rings. The minimum atomic E-state index is -1.31. The number of carbonyl (C=O) groups excluding carboxylic acids is 3. The predicted octanol–water partition coefficient (Wildman–Crippen LogP) is 0.104. The SMILES string of the molecule is O=C(O)C(Cc1ccc(O)cc1)NC(=O)C(Cc1ccc(O)cc1)NC(=O)C(CS)NC(=O)C1CCCN1. The van der Waals surface area contributed by atoms with Gasteiger partial charge in [0.1, 0.15) is 29.6 Å². The Hall–Kier alpha value is -3.77. The highest BCUT2D eigenvalue weighted by Gasteiger charge is 2.31. The van der Waals surface area contributed by atoms with Crippen LogP contribution < -0.4 is 21.3 Å². The zero-order chi connectivity index (χ0) is 27.7. The summed E-state index contributed by atoms with van der Waals surface area (Å²) in [5, 5.41) is 39.6. The zero-order valence-electron chi connectivity index (χ0n) is 20.6. The van der Waals surface area contributed by atoms with Gasteiger partial charge in [0.2, 0.25) is 17.7 Å². The number of amides is 3. The van der Waals surface area contributed by atoms with Gasteiger partial charge >= 0.3 is 5.97 Å². The van der Waals surface area contributed by atoms with Crippen molar-refractivity contribution < 1.29 is 34.5 Å². The molecule has 0 bridgehead atoms. The van der Waals surface area contributed by atoms with Crippen molar-refractivity contribution in [2.75, 3.05) is 12.3 Å². The highest BCUT2D eigenvalue weighted by Crippen LogP contribution is 2.14. The largest absolute Gasteiger partial charge is 0.508 e. The molecule has 204 valence electrons. The standard InChI is InChI=1S/C26H32N4O7S/c31-17-7-3-15(4-8-17)12-20(28-25(35)22(14-38)30-23(33)19-2-1-11-27-19)24(34)29-21(26(36)37)13-16-5-9-18(32)10-6-16/h3-10,19-22,27,31-32,38H,1-2,11-14H2,(H,28,35)(H,29,34)(H,30,33)(H,36,37). The van der Waals surface area contributed by atoms with E-state index in [1.54, 1.807) is 24.3 Å². The Kier molecular flexibility index (Phi) is 10.4. The predicted molar refractivity (Wildman–Crippen MR) is 142 cm³/mol. The number of carboxylic acid groups (broad SMARTS) is 1. The Morgan fingerprint density at radius 3 is 1.79 bits per heavy atom. The molecule has 1 heterocycles. The van der Waals surface area contributed by atoms with E-state index in [0.29, 0.717) is 24.1 Å². The van der Waals surface area contributed by atoms with E-state index in [4.69, 9.17) is 0 Å². The lowest BCUT2D eigenvalue weighted by atomic mass is 10.0. The van der Waals surface area contributed by atoms with Gasteiger partial charge in [0, 0.05) is 18.6 Å². The van der Waals surface area contributed by atoms with Crippen LogP contribution in [0.5, 0.6) is 11.5 Å². The van der Waals surface area contributed by atoms with E-state index in [1.807, 2.05) is 0 Å². The molecule has 12 heteroatoms. The van der Waals surface area contributed by atoms with Gasteiger partial charge in [-0.25, -0.2) is 4.79 Å². The van der Waals surface area contributed by atoms with Crippen LogP contribution in [0.1, 0.15) is 24.0 Å². The fourth-order valence-electron chi connectivity index (χ4n) is 4.06. The summed E-state index contributed by atoms with van der Waals surface area (Å²) in [5.41, 5.74) is 1.18. The maximum Gasteiger partial charge on any atom is 0.326 e. The number of carboxylic acids is 1. The number of thiol groups is 1. The van der Waals surface area contributed by atoms with Gasteiger partial charge in [-0.15, -0.1) is 0 Å². The first-order valence-corrected chi connectivity index (χ1v) is 12.8. The van der Waals surface area contributed by atoms with Crippen LogP contribution in [0.4, 0.5) is 0 Å². The van der Waals surface area contributed by atoms with Crippen molar-refractivity contribution in [1.82, 2.24) is 21.3 Å². The van der Waals surface area contributed by atoms with Crippen LogP contribution >= 0.6 is 12.6 Å². The van der Waals surface area contributed by atoms with Crippen LogP contribution in [0.3, 0.4) is 0 Å². The van der Waals surface area contributed by atoms with Crippen LogP contribution in [-0.2, 0) is 32.0 Å². The van der Waals surface area contributed by atoms with E-state index in [2.05, 4.69) is 33.9 Å². The number of aromatic hydroxyl groups is 2. The summed E-state index contributed by atoms with van der Waals surface area (Å²) in [6, 6.07) is 8.04. The Labute approximate surface area is 225 Å². The van der Waals surface area contributed by atoms with Gasteiger partial charge in [-0.05, 0) is 54.8 Å². The van der Waals surface area contributed by atoms with Crippen LogP contribution in [0.25, 0.3) is 0 Å². The zero-order valence-corrected chi connectivity index (χ0v) is 21.5. The second-order valence-corrected chi connectivity index (χ2v) is 9.46. The first-order valence-electron chi connectivity index (χ1n) is 12.2. The molecule has 0 radical (unpaired) electrons. The molecule has 4 unspecified atom stereocenters. The van der Waals surface area contributed by atoms with Gasteiger partial charge in [-0.3, -0.25) is 14.4 Å². The molecule has 11 nitrogen and oxygen atoms in total. The molecule has 0 aliphatic carbocycles. The minimum Gasteiger partial charge on any atom is -0.508 e. The molecule has 38 heavy (non-hydrogen) atoms. The van der Waals surface area contributed by atoms with Gasteiger partial charge < -0.3 is 36.6 Å². The Bertz CT molecular complexity index is 1120. The molecule has 7 N–H and O–H groups in total. The molecule has 0 spiro atoms. The van der Waals surface area contributed by atoms with E-state index in [-0.39, 0.29) is 36.0 Å². The van der Waals surface area contributed by atoms with E-state index in [0.717, 1.165) is 6.42 Å². The highest BCUT2D eigenvalue weighted by molar-refractivity contribution is 7.80. The summed E-state index contributed by atoms with van der Waals surface area (Å²) in [6.07, 6.45) is 1.45. The van der Waals surface area contributed by atoms with Crippen LogP contribution in [0.2, 0.25) is 0 Å². The highest BCUT2D eigenvalue weighted by atomic mass is 32.1. The number of aliphatic carboxylic acids is 1. The summed E-state index contributed by atoms with van der Waals surface area (Å²) < 4.78 is 0. The third kappa shape index (κ3) is 8.38. The topological polar surface area (TPSA) is 177 Å². The van der Waals surface area contributed by atoms with Crippen molar-refractivity contribution in [3.63, 3.8) is 0 Å². The van der Waals surface area contributed by atoms with Crippen molar-refractivity contribution in [2.45, 2.75) is 49.9 Å². The van der Waals surface area contributed by atoms with Gasteiger partial charge in [-0.1, -0.05) is 24.3 Å². The molecule has 4 atom stereocenters. The van der Waals surface area contributed by atoms with Gasteiger partial charge in [0.25, 0.3) is 0 Å². The molecule has 1 aliphatic heterocycles. The Morgan fingerprint density at radius 2 is 1.32 bits per heavy atom. The smallest absolute Gasteiger partial charge is 0.326 e. The number of hydrogen-bond acceptors (Lipinski definition) is 8. The van der Waals surface area contributed by atoms with Crippen molar-refractivity contribution in [3.8, 4) is 11.5 Å². The molecular weight excluding hydrogens is 512 g/mol. The van der Waals surface area contributed by atoms with Gasteiger partial charge in [-0.2, -0.15) is 12.6 Å². The number of hydrogen-bond donors (Lipinski definition) is 8. The second-order valence-electron chi connectivity index (χ2n) is 9.09. The first-order chi connectivity index (χ1) is 18.2. The summed E-state index contributed by atoms with van der Waals surface area (Å²) in [5.74, 6) is -2.96. The summed E-state index contributed by atoms with van der Waals surface area (Å²) >= 11 is 4.18. The fourth-order valence-corrected chi connectivity index (χ4v) is 4.32. The second kappa shape index (κ2) is 13.7. The van der Waals surface area contributed by atoms with E-state index >= 15 is 0 Å². The molecule has 2 aromatic rings. The van der Waals surface area contributed by atoms with E-state index in [1.165, 1.54) is 24.3 Å². The lowest BCUT2D eigenvalue weighted by molar-refractivity contribution is -0.142. The molecule has 0 aromatic heterocycles. The maximum absolute atomic E-state index is 13.3. The third-order valence-corrected chi connectivity index (χ3v) is 6.56. The average molecular weight is 545 g/mol.